The van der Waals surface area contributed by atoms with Gasteiger partial charge in [-0.25, -0.2) is 4.98 Å². The van der Waals surface area contributed by atoms with Gasteiger partial charge in [-0.3, -0.25) is 4.79 Å². The van der Waals surface area contributed by atoms with E-state index in [0.29, 0.717) is 5.92 Å². The zero-order chi connectivity index (χ0) is 11.8. The molecular formula is C13H15N3O. The third kappa shape index (κ3) is 1.79. The van der Waals surface area contributed by atoms with Crippen molar-refractivity contribution in [2.45, 2.75) is 32.1 Å². The molecule has 4 heteroatoms. The van der Waals surface area contributed by atoms with Gasteiger partial charge in [0.2, 0.25) is 5.56 Å². The monoisotopic (exact) mass is 229 g/mol. The second kappa shape index (κ2) is 3.87. The number of H-pyrrole nitrogens is 2. The first-order valence-corrected chi connectivity index (χ1v) is 6.02. The summed E-state index contributed by atoms with van der Waals surface area (Å²) in [6.07, 6.45) is 3.47. The highest BCUT2D eigenvalue weighted by Gasteiger charge is 2.21. The van der Waals surface area contributed by atoms with Crippen molar-refractivity contribution >= 4 is 0 Å². The van der Waals surface area contributed by atoms with Crippen molar-refractivity contribution in [1.82, 2.24) is 15.0 Å². The van der Waals surface area contributed by atoms with Crippen LogP contribution < -0.4 is 5.56 Å². The van der Waals surface area contributed by atoms with Gasteiger partial charge in [0.15, 0.2) is 5.82 Å². The molecule has 0 aliphatic heterocycles. The number of hydrogen-bond donors (Lipinski definition) is 2. The van der Waals surface area contributed by atoms with E-state index in [1.54, 1.807) is 6.07 Å². The summed E-state index contributed by atoms with van der Waals surface area (Å²) in [4.78, 5) is 22.0. The first-order chi connectivity index (χ1) is 8.24. The van der Waals surface area contributed by atoms with E-state index >= 15 is 0 Å². The first-order valence-electron chi connectivity index (χ1n) is 6.02. The van der Waals surface area contributed by atoms with Crippen molar-refractivity contribution in [3.8, 4) is 11.5 Å². The molecule has 0 aromatic carbocycles. The van der Waals surface area contributed by atoms with Crippen molar-refractivity contribution in [3.05, 3.63) is 39.9 Å². The van der Waals surface area contributed by atoms with E-state index in [9.17, 15) is 4.79 Å². The molecule has 2 N–H and O–H groups in total. The average molecular weight is 229 g/mol. The quantitative estimate of drug-likeness (QED) is 0.787. The Morgan fingerprint density at radius 3 is 3.00 bits per heavy atom. The maximum Gasteiger partial charge on any atom is 0.248 e. The minimum absolute atomic E-state index is 0.0927. The van der Waals surface area contributed by atoms with E-state index in [0.717, 1.165) is 23.6 Å². The summed E-state index contributed by atoms with van der Waals surface area (Å²) in [6.45, 7) is 2.20. The summed E-state index contributed by atoms with van der Waals surface area (Å²) in [5.74, 6) is 1.29. The largest absolute Gasteiger partial charge is 0.340 e. The molecule has 0 spiro atoms. The lowest BCUT2D eigenvalue weighted by molar-refractivity contribution is 0.574. The highest BCUT2D eigenvalue weighted by atomic mass is 16.1. The number of aromatic nitrogens is 3. The van der Waals surface area contributed by atoms with Crippen molar-refractivity contribution in [2.24, 2.45) is 0 Å². The number of aryl methyl sites for hydroxylation is 1. The van der Waals surface area contributed by atoms with E-state index in [1.807, 2.05) is 6.07 Å². The molecule has 0 bridgehead atoms. The normalized spacial score (nSPS) is 19.0. The number of hydrogen-bond acceptors (Lipinski definition) is 2. The number of pyridine rings is 1. The summed E-state index contributed by atoms with van der Waals surface area (Å²) in [6, 6.07) is 5.13. The molecule has 0 saturated carbocycles. The van der Waals surface area contributed by atoms with Crippen molar-refractivity contribution in [2.75, 3.05) is 0 Å². The van der Waals surface area contributed by atoms with E-state index in [-0.39, 0.29) is 5.56 Å². The van der Waals surface area contributed by atoms with Gasteiger partial charge < -0.3 is 9.97 Å². The Balaban J connectivity index is 2.08. The van der Waals surface area contributed by atoms with E-state index in [1.165, 1.54) is 24.6 Å². The highest BCUT2D eigenvalue weighted by Crippen LogP contribution is 2.30. The molecule has 1 atom stereocenters. The van der Waals surface area contributed by atoms with Crippen LogP contribution in [0.25, 0.3) is 11.5 Å². The molecule has 2 aromatic heterocycles. The van der Waals surface area contributed by atoms with Crippen LogP contribution in [-0.2, 0) is 6.42 Å². The Hall–Kier alpha value is -1.84. The predicted octanol–water partition coefficient (Wildman–Crippen LogP) is 2.20. The fraction of sp³-hybridized carbons (Fsp3) is 0.385. The van der Waals surface area contributed by atoms with Crippen molar-refractivity contribution < 1.29 is 0 Å². The minimum Gasteiger partial charge on any atom is -0.340 e. The smallest absolute Gasteiger partial charge is 0.248 e. The summed E-state index contributed by atoms with van der Waals surface area (Å²) in [5.41, 5.74) is 3.06. The second-order valence-electron chi connectivity index (χ2n) is 4.67. The Kier molecular flexibility index (Phi) is 2.35. The lowest BCUT2D eigenvalue weighted by Gasteiger charge is -2.15. The lowest BCUT2D eigenvalue weighted by atomic mass is 9.92. The van der Waals surface area contributed by atoms with Gasteiger partial charge in [0.25, 0.3) is 0 Å². The fourth-order valence-corrected chi connectivity index (χ4v) is 2.46. The maximum absolute atomic E-state index is 11.3. The highest BCUT2D eigenvalue weighted by molar-refractivity contribution is 5.50. The lowest BCUT2D eigenvalue weighted by Crippen LogP contribution is -2.05. The minimum atomic E-state index is -0.0927. The Labute approximate surface area is 99.1 Å². The number of imidazole rings is 1. The summed E-state index contributed by atoms with van der Waals surface area (Å²) in [5, 5.41) is 0. The standard InChI is InChI=1S/C13H15N3O/c1-8-4-2-5-9-12(8)16-13(15-9)10-6-3-7-11(17)14-10/h3,6-8H,2,4-5H2,1H3,(H,14,17)(H,15,16). The SMILES string of the molecule is CC1CCCc2[nH]c(-c3cccc(=O)[nH]3)nc21. The molecule has 88 valence electrons. The van der Waals surface area contributed by atoms with E-state index < -0.39 is 0 Å². The van der Waals surface area contributed by atoms with Crippen LogP contribution in [0.2, 0.25) is 0 Å². The molecule has 17 heavy (non-hydrogen) atoms. The average Bonchev–Trinajstić information content (AvgIpc) is 2.74. The topological polar surface area (TPSA) is 61.5 Å². The molecule has 1 aliphatic carbocycles. The molecule has 2 heterocycles. The molecule has 0 fully saturated rings. The number of nitrogens with one attached hydrogen (secondary N) is 2. The van der Waals surface area contributed by atoms with Gasteiger partial charge in [-0.05, 0) is 25.3 Å². The Morgan fingerprint density at radius 2 is 2.24 bits per heavy atom. The molecule has 2 aromatic rings. The van der Waals surface area contributed by atoms with Crippen LogP contribution in [0.3, 0.4) is 0 Å². The third-order valence-electron chi connectivity index (χ3n) is 3.36. The van der Waals surface area contributed by atoms with Gasteiger partial charge in [-0.2, -0.15) is 0 Å². The second-order valence-corrected chi connectivity index (χ2v) is 4.67. The van der Waals surface area contributed by atoms with Crippen LogP contribution in [0.15, 0.2) is 23.0 Å². The molecule has 4 nitrogen and oxygen atoms in total. The molecule has 0 saturated heterocycles. The van der Waals surface area contributed by atoms with Crippen LogP contribution in [0.4, 0.5) is 0 Å². The summed E-state index contributed by atoms with van der Waals surface area (Å²) < 4.78 is 0. The summed E-state index contributed by atoms with van der Waals surface area (Å²) in [7, 11) is 0. The number of nitrogens with zero attached hydrogens (tertiary/aromatic N) is 1. The maximum atomic E-state index is 11.3. The van der Waals surface area contributed by atoms with Crippen LogP contribution in [-0.4, -0.2) is 15.0 Å². The molecular weight excluding hydrogens is 214 g/mol. The van der Waals surface area contributed by atoms with E-state index in [2.05, 4.69) is 21.9 Å². The fourth-order valence-electron chi connectivity index (χ4n) is 2.46. The Bertz CT molecular complexity index is 597. The van der Waals surface area contributed by atoms with Crippen molar-refractivity contribution in [1.29, 1.82) is 0 Å². The van der Waals surface area contributed by atoms with Gasteiger partial charge in [0.05, 0.1) is 11.4 Å². The number of fused-ring (bicyclic) bond motifs is 1. The Morgan fingerprint density at radius 1 is 1.35 bits per heavy atom. The first kappa shape index (κ1) is 10.3. The molecule has 3 rings (SSSR count). The number of aromatic amines is 2. The van der Waals surface area contributed by atoms with Crippen LogP contribution >= 0.6 is 0 Å². The molecule has 1 aliphatic rings. The predicted molar refractivity (Wildman–Crippen MR) is 66.0 cm³/mol. The van der Waals surface area contributed by atoms with Gasteiger partial charge in [0.1, 0.15) is 0 Å². The van der Waals surface area contributed by atoms with Gasteiger partial charge in [-0.1, -0.05) is 13.0 Å². The zero-order valence-electron chi connectivity index (χ0n) is 9.79. The molecule has 1 unspecified atom stereocenters. The summed E-state index contributed by atoms with van der Waals surface area (Å²) >= 11 is 0. The van der Waals surface area contributed by atoms with Crippen LogP contribution in [0.5, 0.6) is 0 Å². The van der Waals surface area contributed by atoms with Crippen molar-refractivity contribution in [3.63, 3.8) is 0 Å². The van der Waals surface area contributed by atoms with Gasteiger partial charge in [-0.15, -0.1) is 0 Å². The third-order valence-corrected chi connectivity index (χ3v) is 3.36. The van der Waals surface area contributed by atoms with Gasteiger partial charge in [0, 0.05) is 17.7 Å². The van der Waals surface area contributed by atoms with Crippen LogP contribution in [0.1, 0.15) is 37.1 Å². The van der Waals surface area contributed by atoms with E-state index in [4.69, 9.17) is 0 Å². The molecule has 0 amide bonds. The number of rotatable bonds is 1. The van der Waals surface area contributed by atoms with Crippen LogP contribution in [0, 0.1) is 0 Å². The molecule has 0 radical (unpaired) electrons. The zero-order valence-corrected chi connectivity index (χ0v) is 9.79. The van der Waals surface area contributed by atoms with Gasteiger partial charge >= 0.3 is 0 Å².